The summed E-state index contributed by atoms with van der Waals surface area (Å²) in [6.07, 6.45) is 4.85. The fourth-order valence-corrected chi connectivity index (χ4v) is 5.22. The number of esters is 1. The number of carbonyl (C=O) groups is 1. The molecule has 3 rings (SSSR count). The van der Waals surface area contributed by atoms with Gasteiger partial charge in [0.2, 0.25) is 10.0 Å². The predicted octanol–water partition coefficient (Wildman–Crippen LogP) is 0.836. The molecule has 2 aromatic heterocycles. The molecule has 0 aromatic carbocycles. The summed E-state index contributed by atoms with van der Waals surface area (Å²) in [5.41, 5.74) is 0. The van der Waals surface area contributed by atoms with Crippen molar-refractivity contribution in [1.29, 1.82) is 0 Å². The number of methoxy groups -OCH3 is 1. The predicted molar refractivity (Wildman–Crippen MR) is 88.7 cm³/mol. The molecule has 0 N–H and O–H groups in total. The van der Waals surface area contributed by atoms with Crippen LogP contribution in [0.15, 0.2) is 34.9 Å². The molecule has 1 aliphatic heterocycles. The zero-order valence-corrected chi connectivity index (χ0v) is 14.6. The Morgan fingerprint density at radius 2 is 2.00 bits per heavy atom. The number of hydrogen-bond acceptors (Lipinski definition) is 8. The second kappa shape index (κ2) is 6.83. The van der Waals surface area contributed by atoms with Gasteiger partial charge in [-0.2, -0.15) is 4.31 Å². The highest BCUT2D eigenvalue weighted by Crippen LogP contribution is 2.27. The maximum absolute atomic E-state index is 12.8. The highest BCUT2D eigenvalue weighted by atomic mass is 32.2. The molecule has 10 heteroatoms. The molecule has 3 heterocycles. The van der Waals surface area contributed by atoms with Gasteiger partial charge in [-0.1, -0.05) is 0 Å². The first kappa shape index (κ1) is 16.8. The van der Waals surface area contributed by atoms with Gasteiger partial charge >= 0.3 is 5.97 Å². The lowest BCUT2D eigenvalue weighted by atomic mass is 10.3. The first-order valence-electron chi connectivity index (χ1n) is 7.21. The van der Waals surface area contributed by atoms with Crippen molar-refractivity contribution >= 4 is 33.1 Å². The monoisotopic (exact) mass is 368 g/mol. The highest BCUT2D eigenvalue weighted by Gasteiger charge is 2.33. The van der Waals surface area contributed by atoms with E-state index in [-0.39, 0.29) is 9.77 Å². The van der Waals surface area contributed by atoms with Crippen LogP contribution in [0.2, 0.25) is 0 Å². The Bertz CT molecular complexity index is 814. The van der Waals surface area contributed by atoms with Gasteiger partial charge in [0.15, 0.2) is 0 Å². The van der Waals surface area contributed by atoms with Gasteiger partial charge in [-0.15, -0.1) is 11.3 Å². The third kappa shape index (κ3) is 3.12. The van der Waals surface area contributed by atoms with Gasteiger partial charge in [0, 0.05) is 38.6 Å². The van der Waals surface area contributed by atoms with Gasteiger partial charge in [-0.3, -0.25) is 4.98 Å². The lowest BCUT2D eigenvalue weighted by Gasteiger charge is -2.34. The number of ether oxygens (including phenoxy) is 1. The van der Waals surface area contributed by atoms with Crippen LogP contribution in [0.3, 0.4) is 0 Å². The maximum Gasteiger partial charge on any atom is 0.349 e. The lowest BCUT2D eigenvalue weighted by molar-refractivity contribution is 0.0602. The number of carbonyl (C=O) groups excluding carboxylic acids is 1. The summed E-state index contributed by atoms with van der Waals surface area (Å²) in [6, 6.07) is 1.45. The Morgan fingerprint density at radius 1 is 1.25 bits per heavy atom. The molecule has 0 radical (unpaired) electrons. The smallest absolute Gasteiger partial charge is 0.349 e. The van der Waals surface area contributed by atoms with Crippen molar-refractivity contribution in [2.45, 2.75) is 4.90 Å². The summed E-state index contributed by atoms with van der Waals surface area (Å²) in [5.74, 6) is 0.0853. The van der Waals surface area contributed by atoms with Gasteiger partial charge in [-0.25, -0.2) is 18.2 Å². The highest BCUT2D eigenvalue weighted by molar-refractivity contribution is 7.89. The molecule has 1 fully saturated rings. The van der Waals surface area contributed by atoms with E-state index in [1.807, 2.05) is 4.90 Å². The van der Waals surface area contributed by atoms with Crippen molar-refractivity contribution in [3.63, 3.8) is 0 Å². The molecular weight excluding hydrogens is 352 g/mol. The van der Waals surface area contributed by atoms with E-state index in [9.17, 15) is 13.2 Å². The van der Waals surface area contributed by atoms with E-state index in [1.165, 1.54) is 17.5 Å². The number of rotatable bonds is 4. The van der Waals surface area contributed by atoms with Crippen molar-refractivity contribution in [1.82, 2.24) is 14.3 Å². The molecule has 0 aliphatic carbocycles. The molecule has 0 bridgehead atoms. The minimum Gasteiger partial charge on any atom is -0.465 e. The van der Waals surface area contributed by atoms with Crippen LogP contribution in [0.5, 0.6) is 0 Å². The van der Waals surface area contributed by atoms with Gasteiger partial charge in [0.25, 0.3) is 0 Å². The van der Waals surface area contributed by atoms with Crippen LogP contribution in [0.1, 0.15) is 9.67 Å². The molecule has 1 saturated heterocycles. The zero-order chi connectivity index (χ0) is 17.2. The molecule has 0 unspecified atom stereocenters. The number of sulfonamides is 1. The zero-order valence-electron chi connectivity index (χ0n) is 13.0. The van der Waals surface area contributed by atoms with Crippen molar-refractivity contribution in [3.05, 3.63) is 34.9 Å². The molecule has 24 heavy (non-hydrogen) atoms. The Balaban J connectivity index is 1.76. The summed E-state index contributed by atoms with van der Waals surface area (Å²) < 4.78 is 31.7. The van der Waals surface area contributed by atoms with E-state index in [0.29, 0.717) is 26.2 Å². The van der Waals surface area contributed by atoms with Gasteiger partial charge < -0.3 is 9.64 Å². The van der Waals surface area contributed by atoms with E-state index < -0.39 is 16.0 Å². The second-order valence-corrected chi connectivity index (χ2v) is 7.88. The number of nitrogens with zero attached hydrogens (tertiary/aromatic N) is 4. The third-order valence-electron chi connectivity index (χ3n) is 3.73. The Hall–Kier alpha value is -2.04. The van der Waals surface area contributed by atoms with Crippen molar-refractivity contribution in [3.8, 4) is 0 Å². The van der Waals surface area contributed by atoms with Crippen molar-refractivity contribution in [2.75, 3.05) is 38.2 Å². The number of anilines is 1. The largest absolute Gasteiger partial charge is 0.465 e. The molecule has 128 valence electrons. The van der Waals surface area contributed by atoms with Crippen LogP contribution in [-0.4, -0.2) is 61.9 Å². The van der Waals surface area contributed by atoms with Crippen LogP contribution >= 0.6 is 11.3 Å². The lowest BCUT2D eigenvalue weighted by Crippen LogP contribution is -2.49. The Morgan fingerprint density at radius 3 is 2.62 bits per heavy atom. The van der Waals surface area contributed by atoms with Gasteiger partial charge in [-0.05, 0) is 11.4 Å². The Kier molecular flexibility index (Phi) is 4.78. The van der Waals surface area contributed by atoms with E-state index in [4.69, 9.17) is 0 Å². The average Bonchev–Trinajstić information content (AvgIpc) is 3.12. The van der Waals surface area contributed by atoms with E-state index in [1.54, 1.807) is 24.0 Å². The molecule has 2 aromatic rings. The molecule has 0 amide bonds. The normalized spacial score (nSPS) is 16.1. The number of aromatic nitrogens is 2. The fourth-order valence-electron chi connectivity index (χ4n) is 2.49. The molecule has 1 aliphatic rings. The Labute approximate surface area is 143 Å². The summed E-state index contributed by atoms with van der Waals surface area (Å²) in [4.78, 5) is 22.1. The standard InChI is InChI=1S/C14H16N4O4S2/c1-22-14(19)13-11(2-9-23-13)24(20,21)18-7-5-17(6-8-18)12-10-15-3-4-16-12/h2-4,9-10H,5-8H2,1H3. The minimum absolute atomic E-state index is 0.00676. The second-order valence-electron chi connectivity index (χ2n) is 5.06. The van der Waals surface area contributed by atoms with Crippen LogP contribution in [0, 0.1) is 0 Å². The van der Waals surface area contributed by atoms with Gasteiger partial charge in [0.05, 0.1) is 13.3 Å². The first-order valence-corrected chi connectivity index (χ1v) is 9.53. The topological polar surface area (TPSA) is 92.7 Å². The van der Waals surface area contributed by atoms with Crippen LogP contribution < -0.4 is 4.90 Å². The fraction of sp³-hybridized carbons (Fsp3) is 0.357. The first-order chi connectivity index (χ1) is 11.5. The van der Waals surface area contributed by atoms with E-state index >= 15 is 0 Å². The van der Waals surface area contributed by atoms with Crippen LogP contribution in [0.25, 0.3) is 0 Å². The average molecular weight is 368 g/mol. The quantitative estimate of drug-likeness (QED) is 0.738. The third-order valence-corrected chi connectivity index (χ3v) is 6.69. The van der Waals surface area contributed by atoms with Crippen molar-refractivity contribution < 1.29 is 17.9 Å². The molecular formula is C14H16N4O4S2. The van der Waals surface area contributed by atoms with Gasteiger partial charge in [0.1, 0.15) is 15.6 Å². The summed E-state index contributed by atoms with van der Waals surface area (Å²) in [6.45, 7) is 1.65. The molecule has 0 saturated carbocycles. The summed E-state index contributed by atoms with van der Waals surface area (Å²) in [5, 5.41) is 1.58. The minimum atomic E-state index is -3.73. The van der Waals surface area contributed by atoms with Crippen LogP contribution in [-0.2, 0) is 14.8 Å². The SMILES string of the molecule is COC(=O)c1sccc1S(=O)(=O)N1CCN(c2cnccn2)CC1. The van der Waals surface area contributed by atoms with E-state index in [2.05, 4.69) is 14.7 Å². The maximum atomic E-state index is 12.8. The number of hydrogen-bond donors (Lipinski definition) is 0. The van der Waals surface area contributed by atoms with E-state index in [0.717, 1.165) is 17.2 Å². The number of thiophene rings is 1. The van der Waals surface area contributed by atoms with Crippen molar-refractivity contribution in [2.24, 2.45) is 0 Å². The summed E-state index contributed by atoms with van der Waals surface area (Å²) >= 11 is 1.06. The number of piperazine rings is 1. The molecule has 0 spiro atoms. The molecule has 0 atom stereocenters. The summed E-state index contributed by atoms with van der Waals surface area (Å²) in [7, 11) is -2.50. The molecule has 8 nitrogen and oxygen atoms in total. The van der Waals surface area contributed by atoms with Crippen LogP contribution in [0.4, 0.5) is 5.82 Å².